The van der Waals surface area contributed by atoms with E-state index in [1.165, 1.54) is 37.5 Å². The van der Waals surface area contributed by atoms with Crippen LogP contribution in [0.1, 0.15) is 36.7 Å². The van der Waals surface area contributed by atoms with E-state index < -0.39 is 5.97 Å². The summed E-state index contributed by atoms with van der Waals surface area (Å²) in [4.78, 5) is 31.3. The first kappa shape index (κ1) is 23.1. The first-order chi connectivity index (χ1) is 14.0. The van der Waals surface area contributed by atoms with Crippen molar-refractivity contribution in [1.29, 1.82) is 0 Å². The zero-order valence-corrected chi connectivity index (χ0v) is 18.1. The lowest BCUT2D eigenvalue weighted by Gasteiger charge is -2.27. The van der Waals surface area contributed by atoms with Crippen LogP contribution in [0.2, 0.25) is 0 Å². The molecule has 0 saturated carbocycles. The van der Waals surface area contributed by atoms with Crippen molar-refractivity contribution in [2.75, 3.05) is 45.9 Å². The average Bonchev–Trinajstić information content (AvgIpc) is 3.11. The number of morpholine rings is 1. The van der Waals surface area contributed by atoms with Gasteiger partial charge in [0.2, 0.25) is 0 Å². The van der Waals surface area contributed by atoms with E-state index in [0.29, 0.717) is 41.9 Å². The van der Waals surface area contributed by atoms with Crippen LogP contribution in [0.15, 0.2) is 34.2 Å². The number of thioether (sulfide) groups is 1. The Hall–Kier alpha value is -2.16. The maximum Gasteiger partial charge on any atom is 0.286 e. The predicted octanol–water partition coefficient (Wildman–Crippen LogP) is 0.284. The standard InChI is InChI=1S/C15H14N2O4S.C6H15N/c18-13-12(9-10-3-1-2-4-11(10)14(19)20)22-15(16-13)17-5-7-21-8-6-17;1-4-7(5-2)6-3/h1-4,9H,5-8H2,(H,19,20);4-6H2,1-3H3. The molecule has 0 bridgehead atoms. The van der Waals surface area contributed by atoms with E-state index in [2.05, 4.69) is 25.8 Å². The highest BCUT2D eigenvalue weighted by atomic mass is 32.2. The third kappa shape index (κ3) is 6.69. The van der Waals surface area contributed by atoms with Crippen LogP contribution in [0.5, 0.6) is 0 Å². The van der Waals surface area contributed by atoms with Crippen molar-refractivity contribution in [3.05, 3.63) is 40.3 Å². The second-order valence-electron chi connectivity index (χ2n) is 6.59. The number of aliphatic imine (C=N–C) groups is 1. The van der Waals surface area contributed by atoms with Crippen LogP contribution in [0.4, 0.5) is 0 Å². The number of aromatic carboxylic acids is 1. The van der Waals surface area contributed by atoms with Crippen LogP contribution >= 0.6 is 11.8 Å². The lowest BCUT2D eigenvalue weighted by atomic mass is 10.1. The van der Waals surface area contributed by atoms with Crippen LogP contribution in [0, 0.1) is 0 Å². The van der Waals surface area contributed by atoms with Gasteiger partial charge < -0.3 is 24.4 Å². The molecule has 2 aliphatic rings. The number of ether oxygens (including phenoxy) is 1. The third-order valence-electron chi connectivity index (χ3n) is 4.86. The molecule has 2 aliphatic heterocycles. The highest BCUT2D eigenvalue weighted by Gasteiger charge is 2.27. The summed E-state index contributed by atoms with van der Waals surface area (Å²) in [5, 5.41) is 11.7. The van der Waals surface area contributed by atoms with Gasteiger partial charge in [-0.15, -0.1) is 0 Å². The van der Waals surface area contributed by atoms with Crippen molar-refractivity contribution < 1.29 is 24.3 Å². The molecular formula is C21H29N3O4S. The molecular weight excluding hydrogens is 390 g/mol. The van der Waals surface area contributed by atoms with Crippen molar-refractivity contribution in [1.82, 2.24) is 4.90 Å². The average molecular weight is 420 g/mol. The van der Waals surface area contributed by atoms with Crippen LogP contribution in [-0.2, 0) is 9.53 Å². The SMILES string of the molecule is CC[NH+](CC)CC.O=C1N=C(N2CCOCC2)SC1=Cc1ccccc1C(=O)[O-]. The van der Waals surface area contributed by atoms with Crippen molar-refractivity contribution in [3.63, 3.8) is 0 Å². The number of carboxylic acids is 1. The van der Waals surface area contributed by atoms with Gasteiger partial charge in [-0.3, -0.25) is 4.79 Å². The fourth-order valence-corrected chi connectivity index (χ4v) is 3.94. The van der Waals surface area contributed by atoms with E-state index in [1.54, 1.807) is 29.2 Å². The second kappa shape index (κ2) is 11.7. The Kier molecular flexibility index (Phi) is 9.37. The Labute approximate surface area is 176 Å². The number of rotatable bonds is 5. The molecule has 0 aromatic heterocycles. The molecule has 0 unspecified atom stereocenters. The summed E-state index contributed by atoms with van der Waals surface area (Å²) in [5.41, 5.74) is 0.500. The van der Waals surface area contributed by atoms with Gasteiger partial charge in [0.05, 0.1) is 43.7 Å². The topological polar surface area (TPSA) is 86.5 Å². The van der Waals surface area contributed by atoms with Gasteiger partial charge in [0.25, 0.3) is 5.91 Å². The smallest absolute Gasteiger partial charge is 0.286 e. The van der Waals surface area contributed by atoms with Gasteiger partial charge in [-0.25, -0.2) is 0 Å². The number of quaternary nitrogens is 1. The number of carbonyl (C=O) groups excluding carboxylic acids is 2. The highest BCUT2D eigenvalue weighted by molar-refractivity contribution is 8.18. The largest absolute Gasteiger partial charge is 0.545 e. The Morgan fingerprint density at radius 2 is 1.83 bits per heavy atom. The summed E-state index contributed by atoms with van der Waals surface area (Å²) in [7, 11) is 0. The number of amides is 1. The quantitative estimate of drug-likeness (QED) is 0.690. The summed E-state index contributed by atoms with van der Waals surface area (Å²) in [5.74, 6) is -1.61. The molecule has 0 atom stereocenters. The van der Waals surface area contributed by atoms with Gasteiger partial charge in [0.1, 0.15) is 0 Å². The summed E-state index contributed by atoms with van der Waals surface area (Å²) in [6.45, 7) is 13.1. The lowest BCUT2D eigenvalue weighted by Crippen LogP contribution is -3.11. The first-order valence-corrected chi connectivity index (χ1v) is 10.8. The maximum atomic E-state index is 12.0. The van der Waals surface area contributed by atoms with E-state index in [-0.39, 0.29) is 11.5 Å². The normalized spacial score (nSPS) is 17.9. The molecule has 0 radical (unpaired) electrons. The third-order valence-corrected chi connectivity index (χ3v) is 5.90. The molecule has 1 aromatic rings. The minimum Gasteiger partial charge on any atom is -0.545 e. The minimum atomic E-state index is -1.27. The van der Waals surface area contributed by atoms with Gasteiger partial charge in [-0.2, -0.15) is 4.99 Å². The lowest BCUT2D eigenvalue weighted by molar-refractivity contribution is -0.894. The van der Waals surface area contributed by atoms with Crippen LogP contribution < -0.4 is 10.0 Å². The molecule has 1 aromatic carbocycles. The van der Waals surface area contributed by atoms with Crippen molar-refractivity contribution in [2.24, 2.45) is 4.99 Å². The number of hydrogen-bond donors (Lipinski definition) is 1. The fourth-order valence-electron chi connectivity index (χ4n) is 2.99. The Bertz CT molecular complexity index is 763. The molecule has 29 heavy (non-hydrogen) atoms. The number of benzene rings is 1. The van der Waals surface area contributed by atoms with Gasteiger partial charge in [-0.05, 0) is 44.2 Å². The molecule has 158 valence electrons. The number of carbonyl (C=O) groups is 2. The first-order valence-electron chi connectivity index (χ1n) is 9.99. The van der Waals surface area contributed by atoms with Crippen LogP contribution in [-0.4, -0.2) is 67.9 Å². The number of nitrogens with zero attached hydrogens (tertiary/aromatic N) is 2. The Morgan fingerprint density at radius 1 is 1.21 bits per heavy atom. The molecule has 1 amide bonds. The van der Waals surface area contributed by atoms with E-state index in [1.807, 2.05) is 4.90 Å². The highest BCUT2D eigenvalue weighted by Crippen LogP contribution is 2.31. The van der Waals surface area contributed by atoms with Crippen LogP contribution in [0.25, 0.3) is 6.08 Å². The molecule has 3 rings (SSSR count). The minimum absolute atomic E-state index is 0.0585. The number of nitrogens with one attached hydrogen (secondary N) is 1. The predicted molar refractivity (Wildman–Crippen MR) is 114 cm³/mol. The summed E-state index contributed by atoms with van der Waals surface area (Å²) >= 11 is 1.26. The number of carboxylic acid groups (broad SMARTS) is 1. The van der Waals surface area contributed by atoms with Crippen molar-refractivity contribution in [3.8, 4) is 0 Å². The van der Waals surface area contributed by atoms with E-state index in [0.717, 1.165) is 0 Å². The molecule has 1 fully saturated rings. The van der Waals surface area contributed by atoms with Crippen molar-refractivity contribution >= 4 is 34.9 Å². The number of amidine groups is 1. The Balaban J connectivity index is 0.000000370. The summed E-state index contributed by atoms with van der Waals surface area (Å²) in [6.07, 6.45) is 1.55. The molecule has 1 N–H and O–H groups in total. The molecule has 2 heterocycles. The molecule has 0 aliphatic carbocycles. The van der Waals surface area contributed by atoms with Gasteiger partial charge in [0, 0.05) is 18.7 Å². The zero-order valence-electron chi connectivity index (χ0n) is 17.3. The monoisotopic (exact) mass is 419 g/mol. The van der Waals surface area contributed by atoms with Gasteiger partial charge >= 0.3 is 0 Å². The Morgan fingerprint density at radius 3 is 2.38 bits per heavy atom. The van der Waals surface area contributed by atoms with Crippen LogP contribution in [0.3, 0.4) is 0 Å². The molecule has 7 nitrogen and oxygen atoms in total. The number of hydrogen-bond acceptors (Lipinski definition) is 6. The maximum absolute atomic E-state index is 12.0. The fraction of sp³-hybridized carbons (Fsp3) is 0.476. The summed E-state index contributed by atoms with van der Waals surface area (Å²) in [6, 6.07) is 6.42. The van der Waals surface area contributed by atoms with Crippen molar-refractivity contribution in [2.45, 2.75) is 20.8 Å². The van der Waals surface area contributed by atoms with E-state index in [4.69, 9.17) is 4.74 Å². The van der Waals surface area contributed by atoms with E-state index in [9.17, 15) is 14.7 Å². The van der Waals surface area contributed by atoms with Gasteiger partial charge in [0.15, 0.2) is 5.17 Å². The summed E-state index contributed by atoms with van der Waals surface area (Å²) < 4.78 is 5.27. The van der Waals surface area contributed by atoms with Gasteiger partial charge in [-0.1, -0.05) is 24.3 Å². The molecule has 8 heteroatoms. The van der Waals surface area contributed by atoms with E-state index >= 15 is 0 Å². The molecule has 0 spiro atoms. The molecule has 1 saturated heterocycles. The second-order valence-corrected chi connectivity index (χ2v) is 7.60. The zero-order chi connectivity index (χ0) is 21.2.